The van der Waals surface area contributed by atoms with Gasteiger partial charge in [-0.2, -0.15) is 0 Å². The second-order valence-electron chi connectivity index (χ2n) is 7.13. The minimum atomic E-state index is 0.795. The quantitative estimate of drug-likeness (QED) is 0.588. The molecule has 4 nitrogen and oxygen atoms in total. The molecule has 2 rings (SSSR count). The van der Waals surface area contributed by atoms with E-state index in [2.05, 4.69) is 41.0 Å². The second kappa shape index (κ2) is 12.3. The van der Waals surface area contributed by atoms with E-state index >= 15 is 0 Å². The summed E-state index contributed by atoms with van der Waals surface area (Å²) in [5.41, 5.74) is 6.94. The maximum atomic E-state index is 6.08. The van der Waals surface area contributed by atoms with E-state index in [1.165, 1.54) is 31.2 Å². The maximum absolute atomic E-state index is 6.08. The number of rotatable bonds is 12. The highest BCUT2D eigenvalue weighted by molar-refractivity contribution is 5.33. The van der Waals surface area contributed by atoms with E-state index in [1.54, 1.807) is 0 Å². The minimum Gasteiger partial charge on any atom is -0.493 e. The summed E-state index contributed by atoms with van der Waals surface area (Å²) in [4.78, 5) is 5.07. The van der Waals surface area contributed by atoms with Gasteiger partial charge in [0.1, 0.15) is 5.75 Å². The van der Waals surface area contributed by atoms with Crippen LogP contribution in [0.25, 0.3) is 0 Å². The van der Waals surface area contributed by atoms with Crippen LogP contribution in [-0.2, 0) is 6.54 Å². The summed E-state index contributed by atoms with van der Waals surface area (Å²) in [5, 5.41) is 0. The van der Waals surface area contributed by atoms with Crippen LogP contribution in [0.4, 0.5) is 0 Å². The van der Waals surface area contributed by atoms with Crippen molar-refractivity contribution < 1.29 is 4.74 Å². The maximum Gasteiger partial charge on any atom is 0.123 e. The Kier molecular flexibility index (Phi) is 9.93. The lowest BCUT2D eigenvalue weighted by atomic mass is 10.1. The van der Waals surface area contributed by atoms with Gasteiger partial charge in [-0.3, -0.25) is 4.90 Å². The first-order valence-electron chi connectivity index (χ1n) is 10.2. The number of nitrogens with zero attached hydrogens (tertiary/aromatic N) is 2. The number of hydrogen-bond acceptors (Lipinski definition) is 4. The van der Waals surface area contributed by atoms with Crippen molar-refractivity contribution in [1.82, 2.24) is 9.80 Å². The zero-order valence-corrected chi connectivity index (χ0v) is 16.1. The Hall–Kier alpha value is -1.10. The SMILES string of the molecule is CCCCCCCOc1ccccc1CN1CCN(CCCN)CC1. The molecule has 25 heavy (non-hydrogen) atoms. The summed E-state index contributed by atoms with van der Waals surface area (Å²) in [7, 11) is 0. The molecule has 0 spiro atoms. The van der Waals surface area contributed by atoms with Crippen molar-refractivity contribution in [3.63, 3.8) is 0 Å². The normalized spacial score (nSPS) is 16.2. The van der Waals surface area contributed by atoms with Gasteiger partial charge in [0.2, 0.25) is 0 Å². The molecule has 0 saturated carbocycles. The molecule has 0 bridgehead atoms. The molecule has 0 atom stereocenters. The van der Waals surface area contributed by atoms with Crippen molar-refractivity contribution in [3.8, 4) is 5.75 Å². The minimum absolute atomic E-state index is 0.795. The van der Waals surface area contributed by atoms with Gasteiger partial charge >= 0.3 is 0 Å². The smallest absolute Gasteiger partial charge is 0.123 e. The topological polar surface area (TPSA) is 41.7 Å². The second-order valence-corrected chi connectivity index (χ2v) is 7.13. The van der Waals surface area contributed by atoms with Gasteiger partial charge in [0.15, 0.2) is 0 Å². The van der Waals surface area contributed by atoms with E-state index in [-0.39, 0.29) is 0 Å². The van der Waals surface area contributed by atoms with Crippen LogP contribution in [0, 0.1) is 0 Å². The molecule has 0 aromatic heterocycles. The first-order valence-corrected chi connectivity index (χ1v) is 10.2. The van der Waals surface area contributed by atoms with Gasteiger partial charge in [-0.25, -0.2) is 0 Å². The number of piperazine rings is 1. The molecular weight excluding hydrogens is 310 g/mol. The molecule has 4 heteroatoms. The van der Waals surface area contributed by atoms with Crippen LogP contribution in [-0.4, -0.2) is 55.7 Å². The van der Waals surface area contributed by atoms with E-state index in [0.29, 0.717) is 0 Å². The van der Waals surface area contributed by atoms with E-state index in [9.17, 15) is 0 Å². The molecule has 0 aliphatic carbocycles. The van der Waals surface area contributed by atoms with Crippen molar-refractivity contribution in [2.45, 2.75) is 52.0 Å². The highest BCUT2D eigenvalue weighted by Crippen LogP contribution is 2.21. The fourth-order valence-corrected chi connectivity index (χ4v) is 3.39. The Morgan fingerprint density at radius 1 is 0.920 bits per heavy atom. The van der Waals surface area contributed by atoms with Gasteiger partial charge in [-0.15, -0.1) is 0 Å². The predicted molar refractivity (Wildman–Crippen MR) is 106 cm³/mol. The van der Waals surface area contributed by atoms with Crippen molar-refractivity contribution in [2.24, 2.45) is 5.73 Å². The van der Waals surface area contributed by atoms with Gasteiger partial charge in [-0.1, -0.05) is 50.8 Å². The standard InChI is InChI=1S/C21H37N3O/c1-2-3-4-5-8-18-25-21-11-7-6-10-20(21)19-24-16-14-23(15-17-24)13-9-12-22/h6-7,10-11H,2-5,8-9,12-19,22H2,1H3. The number of unbranched alkanes of at least 4 members (excludes halogenated alkanes) is 4. The van der Waals surface area contributed by atoms with Gasteiger partial charge in [0.25, 0.3) is 0 Å². The van der Waals surface area contributed by atoms with Crippen molar-refractivity contribution >= 4 is 0 Å². The summed E-state index contributed by atoms with van der Waals surface area (Å²) in [6, 6.07) is 8.55. The van der Waals surface area contributed by atoms with Crippen molar-refractivity contribution in [1.29, 1.82) is 0 Å². The number of para-hydroxylation sites is 1. The largest absolute Gasteiger partial charge is 0.493 e. The van der Waals surface area contributed by atoms with E-state index in [4.69, 9.17) is 10.5 Å². The Bertz CT molecular complexity index is 458. The number of ether oxygens (including phenoxy) is 1. The lowest BCUT2D eigenvalue weighted by Crippen LogP contribution is -2.46. The number of benzene rings is 1. The number of nitrogens with two attached hydrogens (primary N) is 1. The predicted octanol–water partition coefficient (Wildman–Crippen LogP) is 3.50. The van der Waals surface area contributed by atoms with Gasteiger partial charge < -0.3 is 15.4 Å². The van der Waals surface area contributed by atoms with Gasteiger partial charge in [0.05, 0.1) is 6.61 Å². The van der Waals surface area contributed by atoms with Crippen LogP contribution >= 0.6 is 0 Å². The molecule has 142 valence electrons. The van der Waals surface area contributed by atoms with Gasteiger partial charge in [0, 0.05) is 38.3 Å². The average molecular weight is 348 g/mol. The van der Waals surface area contributed by atoms with Crippen LogP contribution < -0.4 is 10.5 Å². The summed E-state index contributed by atoms with van der Waals surface area (Å²) in [5.74, 6) is 1.07. The molecule has 1 aliphatic rings. The third-order valence-corrected chi connectivity index (χ3v) is 5.02. The number of hydrogen-bond donors (Lipinski definition) is 1. The van der Waals surface area contributed by atoms with Crippen LogP contribution in [0.15, 0.2) is 24.3 Å². The van der Waals surface area contributed by atoms with Crippen molar-refractivity contribution in [3.05, 3.63) is 29.8 Å². The molecule has 1 saturated heterocycles. The lowest BCUT2D eigenvalue weighted by Gasteiger charge is -2.34. The summed E-state index contributed by atoms with van der Waals surface area (Å²) in [6.07, 6.45) is 7.51. The fourth-order valence-electron chi connectivity index (χ4n) is 3.39. The Morgan fingerprint density at radius 2 is 1.64 bits per heavy atom. The van der Waals surface area contributed by atoms with Crippen LogP contribution in [0.2, 0.25) is 0 Å². The Labute approximate surface area is 154 Å². The summed E-state index contributed by atoms with van der Waals surface area (Å²) >= 11 is 0. The molecular formula is C21H37N3O. The fraction of sp³-hybridized carbons (Fsp3) is 0.714. The average Bonchev–Trinajstić information content (AvgIpc) is 2.65. The van der Waals surface area contributed by atoms with Crippen LogP contribution in [0.1, 0.15) is 51.0 Å². The summed E-state index contributed by atoms with van der Waals surface area (Å²) in [6.45, 7) is 10.6. The van der Waals surface area contributed by atoms with E-state index in [1.807, 2.05) is 0 Å². The van der Waals surface area contributed by atoms with Gasteiger partial charge in [-0.05, 0) is 32.0 Å². The zero-order chi connectivity index (χ0) is 17.7. The molecule has 1 aromatic carbocycles. The van der Waals surface area contributed by atoms with Crippen molar-refractivity contribution in [2.75, 3.05) is 45.9 Å². The third-order valence-electron chi connectivity index (χ3n) is 5.02. The first kappa shape index (κ1) is 20.2. The molecule has 0 radical (unpaired) electrons. The first-order chi connectivity index (χ1) is 12.3. The molecule has 0 amide bonds. The highest BCUT2D eigenvalue weighted by Gasteiger charge is 2.17. The van der Waals surface area contributed by atoms with Crippen LogP contribution in [0.3, 0.4) is 0 Å². The Morgan fingerprint density at radius 3 is 2.40 bits per heavy atom. The summed E-state index contributed by atoms with van der Waals surface area (Å²) < 4.78 is 6.08. The Balaban J connectivity index is 1.73. The molecule has 1 aromatic rings. The molecule has 2 N–H and O–H groups in total. The van der Waals surface area contributed by atoms with E-state index < -0.39 is 0 Å². The zero-order valence-electron chi connectivity index (χ0n) is 16.1. The third kappa shape index (κ3) is 7.76. The molecule has 1 fully saturated rings. The van der Waals surface area contributed by atoms with Crippen LogP contribution in [0.5, 0.6) is 5.75 Å². The molecule has 0 unspecified atom stereocenters. The monoisotopic (exact) mass is 347 g/mol. The lowest BCUT2D eigenvalue weighted by molar-refractivity contribution is 0.125. The molecule has 1 heterocycles. The highest BCUT2D eigenvalue weighted by atomic mass is 16.5. The van der Waals surface area contributed by atoms with E-state index in [0.717, 1.165) is 71.0 Å². The molecule has 1 aliphatic heterocycles.